The number of benzene rings is 1. The van der Waals surface area contributed by atoms with Gasteiger partial charge in [-0.05, 0) is 30.5 Å². The maximum Gasteiger partial charge on any atom is 0.258 e. The molecule has 2 rings (SSSR count). The number of aliphatic hydroxyl groups excluding tert-OH is 1. The van der Waals surface area contributed by atoms with Crippen molar-refractivity contribution in [3.63, 3.8) is 0 Å². The van der Waals surface area contributed by atoms with Crippen molar-refractivity contribution in [3.05, 3.63) is 29.6 Å². The minimum Gasteiger partial charge on any atom is -0.484 e. The maximum absolute atomic E-state index is 13.2. The van der Waals surface area contributed by atoms with E-state index in [4.69, 9.17) is 9.84 Å². The number of halogens is 1. The van der Waals surface area contributed by atoms with Gasteiger partial charge in [0.15, 0.2) is 6.61 Å². The Hall–Kier alpha value is -1.62. The van der Waals surface area contributed by atoms with Crippen LogP contribution < -0.4 is 10.1 Å². The van der Waals surface area contributed by atoms with E-state index >= 15 is 0 Å². The molecule has 4 nitrogen and oxygen atoms in total. The summed E-state index contributed by atoms with van der Waals surface area (Å²) in [7, 11) is 0. The Morgan fingerprint density at radius 2 is 2.05 bits per heavy atom. The van der Waals surface area contributed by atoms with Crippen molar-refractivity contribution in [3.8, 4) is 5.75 Å². The molecule has 1 aromatic rings. The fraction of sp³-hybridized carbons (Fsp3) is 0.533. The number of carbonyl (C=O) groups excluding carboxylic acids is 1. The summed E-state index contributed by atoms with van der Waals surface area (Å²) in [5.74, 6) is -0.418. The average molecular weight is 281 g/mol. The van der Waals surface area contributed by atoms with Crippen LogP contribution in [0, 0.1) is 5.82 Å². The van der Waals surface area contributed by atoms with Crippen LogP contribution in [0.1, 0.15) is 37.7 Å². The van der Waals surface area contributed by atoms with E-state index in [0.717, 1.165) is 25.7 Å². The zero-order chi connectivity index (χ0) is 14.4. The lowest BCUT2D eigenvalue weighted by atomic mass is 9.95. The molecule has 1 amide bonds. The number of nitrogens with one attached hydrogen (secondary N) is 1. The van der Waals surface area contributed by atoms with Crippen LogP contribution in [0.2, 0.25) is 0 Å². The molecule has 5 heteroatoms. The topological polar surface area (TPSA) is 58.6 Å². The smallest absolute Gasteiger partial charge is 0.258 e. The van der Waals surface area contributed by atoms with Crippen LogP contribution >= 0.6 is 0 Å². The van der Waals surface area contributed by atoms with Gasteiger partial charge in [-0.2, -0.15) is 0 Å². The molecule has 0 heterocycles. The third-order valence-electron chi connectivity index (χ3n) is 3.45. The second-order valence-electron chi connectivity index (χ2n) is 5.14. The van der Waals surface area contributed by atoms with Crippen molar-refractivity contribution < 1.29 is 19.0 Å². The zero-order valence-corrected chi connectivity index (χ0v) is 11.4. The Kier molecular flexibility index (Phi) is 5.35. The number of aliphatic hydroxyl groups is 1. The van der Waals surface area contributed by atoms with Crippen LogP contribution in [0.4, 0.5) is 4.39 Å². The molecule has 110 valence electrons. The van der Waals surface area contributed by atoms with E-state index < -0.39 is 5.82 Å². The molecule has 2 N–H and O–H groups in total. The Labute approximate surface area is 117 Å². The summed E-state index contributed by atoms with van der Waals surface area (Å²) in [6.45, 7) is -0.396. The summed E-state index contributed by atoms with van der Waals surface area (Å²) in [4.78, 5) is 11.7. The number of rotatable bonds is 5. The lowest BCUT2D eigenvalue weighted by Gasteiger charge is -2.22. The van der Waals surface area contributed by atoms with Gasteiger partial charge in [0.25, 0.3) is 5.91 Å². The lowest BCUT2D eigenvalue weighted by Crippen LogP contribution is -2.38. The molecular formula is C15H20FNO3. The number of ether oxygens (including phenoxy) is 1. The van der Waals surface area contributed by atoms with Gasteiger partial charge < -0.3 is 15.2 Å². The quantitative estimate of drug-likeness (QED) is 0.869. The Bertz CT molecular complexity index is 458. The maximum atomic E-state index is 13.2. The summed E-state index contributed by atoms with van der Waals surface area (Å²) < 4.78 is 18.5. The normalized spacial score (nSPS) is 15.9. The van der Waals surface area contributed by atoms with Crippen LogP contribution in [0.3, 0.4) is 0 Å². The highest BCUT2D eigenvalue weighted by Gasteiger charge is 2.15. The third-order valence-corrected chi connectivity index (χ3v) is 3.45. The highest BCUT2D eigenvalue weighted by molar-refractivity contribution is 5.77. The third kappa shape index (κ3) is 4.49. The van der Waals surface area contributed by atoms with Crippen LogP contribution in [0.5, 0.6) is 5.75 Å². The van der Waals surface area contributed by atoms with Crippen LogP contribution in [-0.4, -0.2) is 23.7 Å². The van der Waals surface area contributed by atoms with E-state index in [1.165, 1.54) is 24.6 Å². The van der Waals surface area contributed by atoms with Gasteiger partial charge in [-0.1, -0.05) is 19.3 Å². The first-order valence-corrected chi connectivity index (χ1v) is 7.00. The first-order valence-electron chi connectivity index (χ1n) is 7.00. The zero-order valence-electron chi connectivity index (χ0n) is 11.4. The molecule has 0 unspecified atom stereocenters. The molecule has 1 saturated carbocycles. The van der Waals surface area contributed by atoms with Gasteiger partial charge in [0.1, 0.15) is 11.6 Å². The molecule has 1 aromatic carbocycles. The molecule has 20 heavy (non-hydrogen) atoms. The SMILES string of the molecule is O=C(COc1cc(F)cc(CO)c1)NC1CCCCC1. The summed E-state index contributed by atoms with van der Waals surface area (Å²) in [6, 6.07) is 4.19. The predicted octanol–water partition coefficient (Wildman–Crippen LogP) is 2.15. The Morgan fingerprint density at radius 1 is 1.30 bits per heavy atom. The Balaban J connectivity index is 1.81. The first kappa shape index (κ1) is 14.8. The minimum absolute atomic E-state index is 0.134. The molecule has 0 radical (unpaired) electrons. The minimum atomic E-state index is -0.487. The van der Waals surface area contributed by atoms with Gasteiger partial charge in [-0.25, -0.2) is 4.39 Å². The van der Waals surface area contributed by atoms with Crippen molar-refractivity contribution in [2.75, 3.05) is 6.61 Å². The fourth-order valence-corrected chi connectivity index (χ4v) is 2.46. The standard InChI is InChI=1S/C15H20FNO3/c16-12-6-11(9-18)7-14(8-12)20-10-15(19)17-13-4-2-1-3-5-13/h6-8,13,18H,1-5,9-10H2,(H,17,19). The molecule has 0 bridgehead atoms. The van der Waals surface area contributed by atoms with Gasteiger partial charge in [-0.3, -0.25) is 4.79 Å². The number of hydrogen-bond donors (Lipinski definition) is 2. The molecular weight excluding hydrogens is 261 g/mol. The number of amides is 1. The highest BCUT2D eigenvalue weighted by atomic mass is 19.1. The second-order valence-corrected chi connectivity index (χ2v) is 5.14. The van der Waals surface area contributed by atoms with Crippen LogP contribution in [-0.2, 0) is 11.4 Å². The van der Waals surface area contributed by atoms with Crippen LogP contribution in [0.15, 0.2) is 18.2 Å². The second kappa shape index (κ2) is 7.24. The fourth-order valence-electron chi connectivity index (χ4n) is 2.46. The van der Waals surface area contributed by atoms with Gasteiger partial charge in [0, 0.05) is 12.1 Å². The van der Waals surface area contributed by atoms with Gasteiger partial charge in [0.2, 0.25) is 0 Å². The molecule has 1 aliphatic carbocycles. The van der Waals surface area contributed by atoms with E-state index in [1.807, 2.05) is 0 Å². The van der Waals surface area contributed by atoms with Crippen molar-refractivity contribution in [1.29, 1.82) is 0 Å². The Morgan fingerprint density at radius 3 is 2.75 bits per heavy atom. The van der Waals surface area contributed by atoms with E-state index in [2.05, 4.69) is 5.32 Å². The summed E-state index contributed by atoms with van der Waals surface area (Å²) in [6.07, 6.45) is 5.56. The van der Waals surface area contributed by atoms with E-state index in [-0.39, 0.29) is 30.9 Å². The summed E-state index contributed by atoms with van der Waals surface area (Å²) >= 11 is 0. The largest absolute Gasteiger partial charge is 0.484 e. The molecule has 0 saturated heterocycles. The molecule has 1 fully saturated rings. The van der Waals surface area contributed by atoms with E-state index in [9.17, 15) is 9.18 Å². The van der Waals surface area contributed by atoms with Gasteiger partial charge >= 0.3 is 0 Å². The molecule has 0 atom stereocenters. The van der Waals surface area contributed by atoms with Crippen molar-refractivity contribution in [2.45, 2.75) is 44.8 Å². The summed E-state index contributed by atoms with van der Waals surface area (Å²) in [5.41, 5.74) is 0.424. The van der Waals surface area contributed by atoms with Gasteiger partial charge in [-0.15, -0.1) is 0 Å². The van der Waals surface area contributed by atoms with Crippen molar-refractivity contribution >= 4 is 5.91 Å². The number of carbonyl (C=O) groups is 1. The lowest BCUT2D eigenvalue weighted by molar-refractivity contribution is -0.124. The predicted molar refractivity (Wildman–Crippen MR) is 72.8 cm³/mol. The average Bonchev–Trinajstić information content (AvgIpc) is 2.45. The van der Waals surface area contributed by atoms with Crippen LogP contribution in [0.25, 0.3) is 0 Å². The first-order chi connectivity index (χ1) is 9.67. The van der Waals surface area contributed by atoms with Crippen molar-refractivity contribution in [2.24, 2.45) is 0 Å². The molecule has 0 aliphatic heterocycles. The van der Waals surface area contributed by atoms with Gasteiger partial charge in [0.05, 0.1) is 6.61 Å². The molecule has 0 spiro atoms. The number of hydrogen-bond acceptors (Lipinski definition) is 3. The van der Waals surface area contributed by atoms with Crippen molar-refractivity contribution in [1.82, 2.24) is 5.32 Å². The van der Waals surface area contributed by atoms with E-state index in [0.29, 0.717) is 5.56 Å². The molecule has 1 aliphatic rings. The highest BCUT2D eigenvalue weighted by Crippen LogP contribution is 2.18. The monoisotopic (exact) mass is 281 g/mol. The van der Waals surface area contributed by atoms with E-state index in [1.54, 1.807) is 0 Å². The molecule has 0 aromatic heterocycles. The summed E-state index contributed by atoms with van der Waals surface area (Å²) in [5, 5.41) is 11.9.